The minimum absolute atomic E-state index is 0.0104. The third-order valence-electron chi connectivity index (χ3n) is 4.01. The molecule has 0 unspecified atom stereocenters. The van der Waals surface area contributed by atoms with E-state index in [2.05, 4.69) is 29.6 Å². The summed E-state index contributed by atoms with van der Waals surface area (Å²) >= 11 is 0. The van der Waals surface area contributed by atoms with Crippen molar-refractivity contribution in [3.05, 3.63) is 90.5 Å². The van der Waals surface area contributed by atoms with E-state index >= 15 is 0 Å². The van der Waals surface area contributed by atoms with E-state index in [0.717, 1.165) is 11.1 Å². The number of carbonyl (C=O) groups excluding carboxylic acids is 1. The number of hydrogen-bond acceptors (Lipinski definition) is 2. The average Bonchev–Trinajstić information content (AvgIpc) is 2.68. The zero-order chi connectivity index (χ0) is 17.5. The van der Waals surface area contributed by atoms with E-state index < -0.39 is 0 Å². The number of nitrogens with one attached hydrogen (secondary N) is 1. The SMILES string of the molecule is C[C@@H](NC(=O)COc1ccccc1)c1ccc(-c2ccccc2)cc1. The van der Waals surface area contributed by atoms with Crippen molar-refractivity contribution < 1.29 is 9.53 Å². The van der Waals surface area contributed by atoms with E-state index in [0.29, 0.717) is 5.75 Å². The van der Waals surface area contributed by atoms with Crippen LogP contribution in [-0.2, 0) is 4.79 Å². The topological polar surface area (TPSA) is 38.3 Å². The standard InChI is InChI=1S/C22H21NO2/c1-17(23-22(24)16-25-21-10-6-3-7-11-21)18-12-14-20(15-13-18)19-8-4-2-5-9-19/h2-15,17H,16H2,1H3,(H,23,24)/t17-/m1/s1. The summed E-state index contributed by atoms with van der Waals surface area (Å²) in [6.45, 7) is 1.98. The second-order valence-electron chi connectivity index (χ2n) is 5.88. The monoisotopic (exact) mass is 331 g/mol. The fourth-order valence-corrected chi connectivity index (χ4v) is 2.63. The van der Waals surface area contributed by atoms with Gasteiger partial charge in [-0.05, 0) is 35.7 Å². The lowest BCUT2D eigenvalue weighted by Gasteiger charge is -2.15. The molecule has 0 aliphatic rings. The molecule has 3 nitrogen and oxygen atoms in total. The highest BCUT2D eigenvalue weighted by atomic mass is 16.5. The highest BCUT2D eigenvalue weighted by molar-refractivity contribution is 5.78. The molecule has 3 heteroatoms. The van der Waals surface area contributed by atoms with Crippen molar-refractivity contribution in [1.29, 1.82) is 0 Å². The molecular weight excluding hydrogens is 310 g/mol. The zero-order valence-electron chi connectivity index (χ0n) is 14.2. The molecule has 3 rings (SSSR count). The van der Waals surface area contributed by atoms with Crippen LogP contribution in [0.4, 0.5) is 0 Å². The summed E-state index contributed by atoms with van der Waals surface area (Å²) in [4.78, 5) is 12.1. The van der Waals surface area contributed by atoms with Crippen LogP contribution in [0.15, 0.2) is 84.9 Å². The molecule has 0 aliphatic heterocycles. The van der Waals surface area contributed by atoms with E-state index in [4.69, 9.17) is 4.74 Å². The Morgan fingerprint density at radius 1 is 0.840 bits per heavy atom. The molecule has 3 aromatic carbocycles. The Labute approximate surface area is 148 Å². The van der Waals surface area contributed by atoms with E-state index in [-0.39, 0.29) is 18.6 Å². The minimum Gasteiger partial charge on any atom is -0.484 e. The Hall–Kier alpha value is -3.07. The summed E-state index contributed by atoms with van der Waals surface area (Å²) in [6.07, 6.45) is 0. The van der Waals surface area contributed by atoms with Crippen molar-refractivity contribution in [2.24, 2.45) is 0 Å². The van der Waals surface area contributed by atoms with Crippen LogP contribution in [-0.4, -0.2) is 12.5 Å². The maximum Gasteiger partial charge on any atom is 0.258 e. The molecule has 0 fully saturated rings. The molecular formula is C22H21NO2. The summed E-state index contributed by atoms with van der Waals surface area (Å²) in [5.74, 6) is 0.556. The zero-order valence-corrected chi connectivity index (χ0v) is 14.2. The number of carbonyl (C=O) groups is 1. The van der Waals surface area contributed by atoms with E-state index in [9.17, 15) is 4.79 Å². The van der Waals surface area contributed by atoms with Crippen molar-refractivity contribution in [2.45, 2.75) is 13.0 Å². The van der Waals surface area contributed by atoms with Crippen LogP contribution < -0.4 is 10.1 Å². The fourth-order valence-electron chi connectivity index (χ4n) is 2.63. The number of amides is 1. The number of benzene rings is 3. The maximum atomic E-state index is 12.1. The van der Waals surface area contributed by atoms with Crippen molar-refractivity contribution >= 4 is 5.91 Å². The van der Waals surface area contributed by atoms with Gasteiger partial charge in [0.1, 0.15) is 5.75 Å². The van der Waals surface area contributed by atoms with Gasteiger partial charge in [0.2, 0.25) is 0 Å². The molecule has 1 atom stereocenters. The Kier molecular flexibility index (Phi) is 5.47. The van der Waals surface area contributed by atoms with Gasteiger partial charge in [-0.2, -0.15) is 0 Å². The lowest BCUT2D eigenvalue weighted by molar-refractivity contribution is -0.123. The molecule has 1 amide bonds. The Bertz CT molecular complexity index is 798. The number of hydrogen-bond donors (Lipinski definition) is 1. The first-order valence-corrected chi connectivity index (χ1v) is 8.35. The van der Waals surface area contributed by atoms with Gasteiger partial charge in [-0.1, -0.05) is 72.8 Å². The Morgan fingerprint density at radius 3 is 2.04 bits per heavy atom. The largest absolute Gasteiger partial charge is 0.484 e. The summed E-state index contributed by atoms with van der Waals surface area (Å²) in [7, 11) is 0. The predicted molar refractivity (Wildman–Crippen MR) is 100 cm³/mol. The van der Waals surface area contributed by atoms with Crippen LogP contribution in [0.2, 0.25) is 0 Å². The van der Waals surface area contributed by atoms with E-state index in [1.54, 1.807) is 0 Å². The molecule has 0 aliphatic carbocycles. The first-order chi connectivity index (χ1) is 12.2. The smallest absolute Gasteiger partial charge is 0.258 e. The van der Waals surface area contributed by atoms with Crippen LogP contribution in [0.1, 0.15) is 18.5 Å². The third kappa shape index (κ3) is 4.70. The number of ether oxygens (including phenoxy) is 1. The van der Waals surface area contributed by atoms with Gasteiger partial charge >= 0.3 is 0 Å². The highest BCUT2D eigenvalue weighted by Crippen LogP contribution is 2.21. The van der Waals surface area contributed by atoms with E-state index in [1.165, 1.54) is 5.56 Å². The molecule has 0 bridgehead atoms. The second-order valence-corrected chi connectivity index (χ2v) is 5.88. The molecule has 3 aromatic rings. The van der Waals surface area contributed by atoms with Crippen LogP contribution in [0.25, 0.3) is 11.1 Å². The van der Waals surface area contributed by atoms with Gasteiger partial charge in [0.05, 0.1) is 6.04 Å². The summed E-state index contributed by atoms with van der Waals surface area (Å²) in [5.41, 5.74) is 3.41. The van der Waals surface area contributed by atoms with Gasteiger partial charge < -0.3 is 10.1 Å². The molecule has 0 aromatic heterocycles. The van der Waals surface area contributed by atoms with Gasteiger partial charge in [0.15, 0.2) is 6.61 Å². The molecule has 0 saturated heterocycles. The molecule has 0 radical (unpaired) electrons. The fraction of sp³-hybridized carbons (Fsp3) is 0.136. The number of para-hydroxylation sites is 1. The molecule has 1 N–H and O–H groups in total. The van der Waals surface area contributed by atoms with Crippen LogP contribution in [0, 0.1) is 0 Å². The lowest BCUT2D eigenvalue weighted by atomic mass is 10.0. The highest BCUT2D eigenvalue weighted by Gasteiger charge is 2.10. The molecule has 0 spiro atoms. The maximum absolute atomic E-state index is 12.1. The van der Waals surface area contributed by atoms with Crippen LogP contribution in [0.5, 0.6) is 5.75 Å². The summed E-state index contributed by atoms with van der Waals surface area (Å²) < 4.78 is 5.47. The van der Waals surface area contributed by atoms with Crippen molar-refractivity contribution in [2.75, 3.05) is 6.61 Å². The summed E-state index contributed by atoms with van der Waals surface area (Å²) in [5, 5.41) is 2.96. The quantitative estimate of drug-likeness (QED) is 0.716. The molecule has 25 heavy (non-hydrogen) atoms. The van der Waals surface area contributed by atoms with Crippen LogP contribution >= 0.6 is 0 Å². The van der Waals surface area contributed by atoms with Gasteiger partial charge in [0.25, 0.3) is 5.91 Å². The summed E-state index contributed by atoms with van der Waals surface area (Å²) in [6, 6.07) is 27.7. The Morgan fingerprint density at radius 2 is 1.40 bits per heavy atom. The number of rotatable bonds is 6. The first-order valence-electron chi connectivity index (χ1n) is 8.35. The normalized spacial score (nSPS) is 11.6. The van der Waals surface area contributed by atoms with Gasteiger partial charge in [0, 0.05) is 0 Å². The lowest BCUT2D eigenvalue weighted by Crippen LogP contribution is -2.31. The van der Waals surface area contributed by atoms with E-state index in [1.807, 2.05) is 67.6 Å². The minimum atomic E-state index is -0.136. The predicted octanol–water partition coefficient (Wildman–Crippen LogP) is 4.61. The van der Waals surface area contributed by atoms with Crippen molar-refractivity contribution in [3.8, 4) is 16.9 Å². The van der Waals surface area contributed by atoms with Gasteiger partial charge in [-0.15, -0.1) is 0 Å². The second kappa shape index (κ2) is 8.15. The van der Waals surface area contributed by atoms with Crippen LogP contribution in [0.3, 0.4) is 0 Å². The first kappa shape index (κ1) is 16.8. The van der Waals surface area contributed by atoms with Crippen molar-refractivity contribution in [1.82, 2.24) is 5.32 Å². The van der Waals surface area contributed by atoms with Gasteiger partial charge in [-0.3, -0.25) is 4.79 Å². The molecule has 0 heterocycles. The molecule has 126 valence electrons. The van der Waals surface area contributed by atoms with Gasteiger partial charge in [-0.25, -0.2) is 0 Å². The van der Waals surface area contributed by atoms with Crippen molar-refractivity contribution in [3.63, 3.8) is 0 Å². The Balaban J connectivity index is 1.55. The third-order valence-corrected chi connectivity index (χ3v) is 4.01. The molecule has 0 saturated carbocycles. The average molecular weight is 331 g/mol.